The van der Waals surface area contributed by atoms with Gasteiger partial charge in [-0.1, -0.05) is 27.7 Å². The minimum absolute atomic E-state index is 0.161. The minimum atomic E-state index is -0.309. The number of aliphatic hydroxyl groups excluding tert-OH is 1. The highest BCUT2D eigenvalue weighted by Crippen LogP contribution is 2.53. The van der Waals surface area contributed by atoms with Crippen LogP contribution in [0.25, 0.3) is 0 Å². The van der Waals surface area contributed by atoms with Crippen LogP contribution >= 0.6 is 0 Å². The fourth-order valence-corrected chi connectivity index (χ4v) is 4.18. The fraction of sp³-hybridized carbons (Fsp3) is 0.765. The predicted molar refractivity (Wildman–Crippen MR) is 79.7 cm³/mol. The maximum absolute atomic E-state index is 10.4. The van der Waals surface area contributed by atoms with Gasteiger partial charge in [0.15, 0.2) is 0 Å². The molecule has 1 fully saturated rings. The van der Waals surface area contributed by atoms with Gasteiger partial charge in [-0.15, -0.1) is 0 Å². The summed E-state index contributed by atoms with van der Waals surface area (Å²) in [6.07, 6.45) is 5.19. The quantitative estimate of drug-likeness (QED) is 0.898. The van der Waals surface area contributed by atoms with Gasteiger partial charge in [0.1, 0.15) is 0 Å². The molecule has 20 heavy (non-hydrogen) atoms. The number of methoxy groups -OCH3 is 1. The minimum Gasteiger partial charge on any atom is -0.388 e. The first kappa shape index (κ1) is 14.2. The van der Waals surface area contributed by atoms with Crippen molar-refractivity contribution in [3.8, 4) is 0 Å². The van der Waals surface area contributed by atoms with Crippen LogP contribution in [0.3, 0.4) is 0 Å². The SMILES string of the molecule is COC1CC(n2ccc3c2CC(C)(C)CC3O)C1(C)C. The maximum Gasteiger partial charge on any atom is 0.0812 e. The van der Waals surface area contributed by atoms with Crippen molar-refractivity contribution < 1.29 is 9.84 Å². The molecule has 0 spiro atoms. The molecule has 0 radical (unpaired) electrons. The van der Waals surface area contributed by atoms with Crippen molar-refractivity contribution in [3.05, 3.63) is 23.5 Å². The summed E-state index contributed by atoms with van der Waals surface area (Å²) >= 11 is 0. The molecule has 112 valence electrons. The highest BCUT2D eigenvalue weighted by Gasteiger charge is 2.50. The van der Waals surface area contributed by atoms with Gasteiger partial charge in [0.25, 0.3) is 0 Å². The van der Waals surface area contributed by atoms with E-state index in [4.69, 9.17) is 4.74 Å². The molecule has 0 bridgehead atoms. The van der Waals surface area contributed by atoms with Gasteiger partial charge >= 0.3 is 0 Å². The Morgan fingerprint density at radius 2 is 2.00 bits per heavy atom. The van der Waals surface area contributed by atoms with Gasteiger partial charge in [-0.3, -0.25) is 0 Å². The number of rotatable bonds is 2. The molecule has 0 amide bonds. The van der Waals surface area contributed by atoms with Crippen LogP contribution in [0.2, 0.25) is 0 Å². The first-order chi connectivity index (χ1) is 9.26. The van der Waals surface area contributed by atoms with Crippen LogP contribution in [0.1, 0.15) is 63.9 Å². The first-order valence-electron chi connectivity index (χ1n) is 7.67. The summed E-state index contributed by atoms with van der Waals surface area (Å²) < 4.78 is 7.98. The van der Waals surface area contributed by atoms with Crippen LogP contribution in [-0.2, 0) is 11.2 Å². The summed E-state index contributed by atoms with van der Waals surface area (Å²) in [7, 11) is 1.81. The molecule has 3 nitrogen and oxygen atoms in total. The van der Waals surface area contributed by atoms with Crippen LogP contribution in [0.5, 0.6) is 0 Å². The van der Waals surface area contributed by atoms with Crippen molar-refractivity contribution in [1.82, 2.24) is 4.57 Å². The molecule has 0 saturated heterocycles. The molecule has 2 aliphatic rings. The summed E-state index contributed by atoms with van der Waals surface area (Å²) in [5, 5.41) is 10.4. The van der Waals surface area contributed by atoms with Crippen molar-refractivity contribution in [2.75, 3.05) is 7.11 Å². The highest BCUT2D eigenvalue weighted by molar-refractivity contribution is 5.31. The van der Waals surface area contributed by atoms with E-state index in [-0.39, 0.29) is 16.9 Å². The third-order valence-corrected chi connectivity index (χ3v) is 5.56. The van der Waals surface area contributed by atoms with Gasteiger partial charge in [-0.25, -0.2) is 0 Å². The van der Waals surface area contributed by atoms with E-state index >= 15 is 0 Å². The molecule has 0 aliphatic heterocycles. The van der Waals surface area contributed by atoms with Gasteiger partial charge in [0, 0.05) is 36.0 Å². The van der Waals surface area contributed by atoms with E-state index in [2.05, 4.69) is 44.5 Å². The highest BCUT2D eigenvalue weighted by atomic mass is 16.5. The van der Waals surface area contributed by atoms with E-state index in [0.717, 1.165) is 24.8 Å². The van der Waals surface area contributed by atoms with Crippen molar-refractivity contribution >= 4 is 0 Å². The number of hydrogen-bond donors (Lipinski definition) is 1. The van der Waals surface area contributed by atoms with Gasteiger partial charge in [-0.2, -0.15) is 0 Å². The summed E-state index contributed by atoms with van der Waals surface area (Å²) in [6, 6.07) is 2.60. The van der Waals surface area contributed by atoms with E-state index in [1.807, 2.05) is 0 Å². The Kier molecular flexibility index (Phi) is 3.07. The smallest absolute Gasteiger partial charge is 0.0812 e. The normalized spacial score (nSPS) is 34.4. The molecule has 1 heterocycles. The molecule has 1 N–H and O–H groups in total. The standard InChI is InChI=1S/C17H27NO2/c1-16(2)9-12-11(13(19)10-16)6-7-18(12)14-8-15(20-5)17(14,3)4/h6-7,13-15,19H,8-10H2,1-5H3. The number of aliphatic hydroxyl groups is 1. The Morgan fingerprint density at radius 1 is 1.30 bits per heavy atom. The maximum atomic E-state index is 10.4. The molecule has 1 aromatic rings. The Balaban J connectivity index is 1.95. The number of nitrogens with zero attached hydrogens (tertiary/aromatic N) is 1. The first-order valence-corrected chi connectivity index (χ1v) is 7.67. The lowest BCUT2D eigenvalue weighted by molar-refractivity contribution is -0.113. The average molecular weight is 277 g/mol. The van der Waals surface area contributed by atoms with Crippen molar-refractivity contribution in [2.45, 2.75) is 65.2 Å². The largest absolute Gasteiger partial charge is 0.388 e. The summed E-state index contributed by atoms with van der Waals surface area (Å²) in [4.78, 5) is 0. The summed E-state index contributed by atoms with van der Waals surface area (Å²) in [5.41, 5.74) is 2.81. The van der Waals surface area contributed by atoms with E-state index in [1.165, 1.54) is 5.69 Å². The Bertz CT molecular complexity index is 515. The fourth-order valence-electron chi connectivity index (χ4n) is 4.18. The Morgan fingerprint density at radius 3 is 2.60 bits per heavy atom. The Labute approximate surface area is 121 Å². The van der Waals surface area contributed by atoms with Crippen LogP contribution in [0, 0.1) is 10.8 Å². The monoisotopic (exact) mass is 277 g/mol. The lowest BCUT2D eigenvalue weighted by Crippen LogP contribution is -2.51. The van der Waals surface area contributed by atoms with E-state index in [9.17, 15) is 5.11 Å². The summed E-state index contributed by atoms with van der Waals surface area (Å²) in [5.74, 6) is 0. The van der Waals surface area contributed by atoms with Crippen molar-refractivity contribution in [3.63, 3.8) is 0 Å². The van der Waals surface area contributed by atoms with E-state index < -0.39 is 0 Å². The third-order valence-electron chi connectivity index (χ3n) is 5.56. The van der Waals surface area contributed by atoms with Crippen LogP contribution < -0.4 is 0 Å². The van der Waals surface area contributed by atoms with Crippen LogP contribution in [0.4, 0.5) is 0 Å². The number of hydrogen-bond acceptors (Lipinski definition) is 2. The number of fused-ring (bicyclic) bond motifs is 1. The van der Waals surface area contributed by atoms with E-state index in [0.29, 0.717) is 12.1 Å². The van der Waals surface area contributed by atoms with Gasteiger partial charge in [0.2, 0.25) is 0 Å². The summed E-state index contributed by atoms with van der Waals surface area (Å²) in [6.45, 7) is 9.07. The van der Waals surface area contributed by atoms with Crippen LogP contribution in [-0.4, -0.2) is 22.9 Å². The predicted octanol–water partition coefficient (Wildman–Crippen LogP) is 3.48. The molecule has 3 heteroatoms. The number of aromatic nitrogens is 1. The topological polar surface area (TPSA) is 34.4 Å². The lowest BCUT2D eigenvalue weighted by atomic mass is 9.64. The molecule has 2 aliphatic carbocycles. The molecule has 1 saturated carbocycles. The molecule has 0 aromatic carbocycles. The lowest BCUT2D eigenvalue weighted by Gasteiger charge is -2.52. The molecule has 1 aromatic heterocycles. The van der Waals surface area contributed by atoms with Gasteiger partial charge < -0.3 is 14.4 Å². The molecular formula is C17H27NO2. The molecule has 3 rings (SSSR count). The molecular weight excluding hydrogens is 250 g/mol. The van der Waals surface area contributed by atoms with Crippen LogP contribution in [0.15, 0.2) is 12.3 Å². The third kappa shape index (κ3) is 1.94. The zero-order chi connectivity index (χ0) is 14.7. The molecule has 3 unspecified atom stereocenters. The molecule has 3 atom stereocenters. The second-order valence-electron chi connectivity index (χ2n) is 7.98. The second-order valence-corrected chi connectivity index (χ2v) is 7.98. The van der Waals surface area contributed by atoms with Crippen molar-refractivity contribution in [1.29, 1.82) is 0 Å². The van der Waals surface area contributed by atoms with Crippen molar-refractivity contribution in [2.24, 2.45) is 10.8 Å². The zero-order valence-corrected chi connectivity index (χ0v) is 13.3. The van der Waals surface area contributed by atoms with E-state index in [1.54, 1.807) is 7.11 Å². The second kappa shape index (κ2) is 4.35. The van der Waals surface area contributed by atoms with Gasteiger partial charge in [-0.05, 0) is 30.7 Å². The zero-order valence-electron chi connectivity index (χ0n) is 13.3. The average Bonchev–Trinajstić information content (AvgIpc) is 2.70. The Hall–Kier alpha value is -0.800. The number of ether oxygens (including phenoxy) is 1. The van der Waals surface area contributed by atoms with Gasteiger partial charge in [0.05, 0.1) is 12.2 Å².